The fourth-order valence-corrected chi connectivity index (χ4v) is 2.50. The lowest BCUT2D eigenvalue weighted by molar-refractivity contribution is -0.136. The van der Waals surface area contributed by atoms with Crippen LogP contribution in [-0.2, 0) is 14.8 Å². The molecule has 0 bridgehead atoms. The van der Waals surface area contributed by atoms with Crippen molar-refractivity contribution in [3.8, 4) is 5.75 Å². The van der Waals surface area contributed by atoms with E-state index in [-0.39, 0.29) is 6.61 Å². The predicted molar refractivity (Wildman–Crippen MR) is 75.3 cm³/mol. The van der Waals surface area contributed by atoms with E-state index in [2.05, 4.69) is 4.72 Å². The lowest BCUT2D eigenvalue weighted by atomic mass is 10.2. The van der Waals surface area contributed by atoms with E-state index in [1.54, 1.807) is 19.1 Å². The Morgan fingerprint density at radius 1 is 1.30 bits per heavy atom. The second-order valence-corrected chi connectivity index (χ2v) is 6.70. The van der Waals surface area contributed by atoms with Crippen LogP contribution in [0.5, 0.6) is 5.75 Å². The fraction of sp³-hybridized carbons (Fsp3) is 0.462. The number of hydrogen-bond donors (Lipinski definition) is 2. The molecule has 0 heterocycles. The summed E-state index contributed by atoms with van der Waals surface area (Å²) >= 11 is 0. The van der Waals surface area contributed by atoms with Gasteiger partial charge in [-0.05, 0) is 32.9 Å². The Morgan fingerprint density at radius 2 is 1.85 bits per heavy atom. The van der Waals surface area contributed by atoms with Crippen molar-refractivity contribution in [1.29, 1.82) is 0 Å². The molecule has 7 heteroatoms. The van der Waals surface area contributed by atoms with Gasteiger partial charge in [0.2, 0.25) is 10.0 Å². The molecule has 20 heavy (non-hydrogen) atoms. The van der Waals surface area contributed by atoms with Crippen LogP contribution in [0.15, 0.2) is 24.3 Å². The molecular weight excluding hydrogens is 282 g/mol. The minimum atomic E-state index is -3.90. The van der Waals surface area contributed by atoms with Gasteiger partial charge in [-0.2, -0.15) is 0 Å². The number of benzene rings is 1. The van der Waals surface area contributed by atoms with Gasteiger partial charge in [-0.3, -0.25) is 4.79 Å². The maximum atomic E-state index is 11.7. The topological polar surface area (TPSA) is 92.7 Å². The molecule has 0 saturated carbocycles. The van der Waals surface area contributed by atoms with E-state index in [9.17, 15) is 13.2 Å². The Bertz CT molecular complexity index is 553. The van der Waals surface area contributed by atoms with Gasteiger partial charge in [0.1, 0.15) is 12.4 Å². The molecule has 0 fully saturated rings. The summed E-state index contributed by atoms with van der Waals surface area (Å²) in [5.41, 5.74) is 1.10. The monoisotopic (exact) mass is 301 g/mol. The van der Waals surface area contributed by atoms with E-state index in [1.807, 2.05) is 19.1 Å². The SMILES string of the molecule is Cc1ccc(OCC(C)NS(=O)(=O)C(C)C(=O)O)cc1. The van der Waals surface area contributed by atoms with Crippen molar-refractivity contribution in [1.82, 2.24) is 4.72 Å². The van der Waals surface area contributed by atoms with E-state index >= 15 is 0 Å². The van der Waals surface area contributed by atoms with E-state index < -0.39 is 27.3 Å². The van der Waals surface area contributed by atoms with Crippen LogP contribution < -0.4 is 9.46 Å². The summed E-state index contributed by atoms with van der Waals surface area (Å²) in [6.07, 6.45) is 0. The van der Waals surface area contributed by atoms with Gasteiger partial charge in [-0.25, -0.2) is 13.1 Å². The molecule has 0 aromatic heterocycles. The summed E-state index contributed by atoms with van der Waals surface area (Å²) in [6.45, 7) is 4.81. The van der Waals surface area contributed by atoms with Gasteiger partial charge < -0.3 is 9.84 Å². The van der Waals surface area contributed by atoms with Crippen LogP contribution in [0.2, 0.25) is 0 Å². The highest BCUT2D eigenvalue weighted by atomic mass is 32.2. The van der Waals surface area contributed by atoms with Gasteiger partial charge in [-0.1, -0.05) is 17.7 Å². The molecule has 6 nitrogen and oxygen atoms in total. The molecule has 1 rings (SSSR count). The summed E-state index contributed by atoms with van der Waals surface area (Å²) < 4.78 is 31.1. The summed E-state index contributed by atoms with van der Waals surface area (Å²) in [5.74, 6) is -0.753. The Labute approximate surface area is 118 Å². The third-order valence-corrected chi connectivity index (χ3v) is 4.56. The predicted octanol–water partition coefficient (Wildman–Crippen LogP) is 1.15. The fourth-order valence-electron chi connectivity index (χ4n) is 1.40. The first kappa shape index (κ1) is 16.5. The molecular formula is C13H19NO5S. The van der Waals surface area contributed by atoms with Crippen molar-refractivity contribution in [3.05, 3.63) is 29.8 Å². The molecule has 0 aliphatic carbocycles. The van der Waals surface area contributed by atoms with E-state index in [0.717, 1.165) is 12.5 Å². The van der Waals surface area contributed by atoms with Crippen molar-refractivity contribution in [2.75, 3.05) is 6.61 Å². The summed E-state index contributed by atoms with van der Waals surface area (Å²) in [7, 11) is -3.90. The van der Waals surface area contributed by atoms with E-state index in [1.165, 1.54) is 0 Å². The molecule has 0 aliphatic rings. The molecule has 0 radical (unpaired) electrons. The highest BCUT2D eigenvalue weighted by Gasteiger charge is 2.28. The second-order valence-electron chi connectivity index (χ2n) is 4.67. The zero-order valence-corrected chi connectivity index (χ0v) is 12.5. The van der Waals surface area contributed by atoms with Gasteiger partial charge in [0.05, 0.1) is 6.04 Å². The van der Waals surface area contributed by atoms with Crippen LogP contribution in [0.25, 0.3) is 0 Å². The molecule has 0 saturated heterocycles. The number of sulfonamides is 1. The Hall–Kier alpha value is -1.60. The van der Waals surface area contributed by atoms with E-state index in [0.29, 0.717) is 5.75 Å². The van der Waals surface area contributed by atoms with Crippen molar-refractivity contribution in [2.24, 2.45) is 0 Å². The number of carbonyl (C=O) groups is 1. The zero-order chi connectivity index (χ0) is 15.3. The van der Waals surface area contributed by atoms with Crippen LogP contribution in [0.4, 0.5) is 0 Å². The summed E-state index contributed by atoms with van der Waals surface area (Å²) in [4.78, 5) is 10.7. The number of hydrogen-bond acceptors (Lipinski definition) is 4. The number of carboxylic acid groups (broad SMARTS) is 1. The average molecular weight is 301 g/mol. The van der Waals surface area contributed by atoms with Gasteiger partial charge in [0.25, 0.3) is 0 Å². The third-order valence-electron chi connectivity index (χ3n) is 2.70. The quantitative estimate of drug-likeness (QED) is 0.788. The number of ether oxygens (including phenoxy) is 1. The minimum absolute atomic E-state index is 0.120. The number of rotatable bonds is 7. The highest BCUT2D eigenvalue weighted by molar-refractivity contribution is 7.90. The van der Waals surface area contributed by atoms with Gasteiger partial charge in [0.15, 0.2) is 5.25 Å². The normalized spacial score (nSPS) is 14.6. The minimum Gasteiger partial charge on any atom is -0.492 e. The average Bonchev–Trinajstić information content (AvgIpc) is 2.36. The lowest BCUT2D eigenvalue weighted by Gasteiger charge is -2.17. The summed E-state index contributed by atoms with van der Waals surface area (Å²) in [6, 6.07) is 6.82. The first-order chi connectivity index (χ1) is 9.22. The number of aryl methyl sites for hydroxylation is 1. The molecule has 2 N–H and O–H groups in total. The van der Waals surface area contributed by atoms with Crippen molar-refractivity contribution >= 4 is 16.0 Å². The largest absolute Gasteiger partial charge is 0.492 e. The van der Waals surface area contributed by atoms with Crippen molar-refractivity contribution in [3.63, 3.8) is 0 Å². The molecule has 2 unspecified atom stereocenters. The standard InChI is InChI=1S/C13H19NO5S/c1-9-4-6-12(7-5-9)19-8-10(2)14-20(17,18)11(3)13(15)16/h4-7,10-11,14H,8H2,1-3H3,(H,15,16). The van der Waals surface area contributed by atoms with Crippen LogP contribution in [0.1, 0.15) is 19.4 Å². The zero-order valence-electron chi connectivity index (χ0n) is 11.7. The molecule has 0 spiro atoms. The molecule has 112 valence electrons. The maximum absolute atomic E-state index is 11.7. The summed E-state index contributed by atoms with van der Waals surface area (Å²) in [5, 5.41) is 7.22. The van der Waals surface area contributed by atoms with Crippen LogP contribution >= 0.6 is 0 Å². The van der Waals surface area contributed by atoms with Gasteiger partial charge >= 0.3 is 5.97 Å². The molecule has 1 aromatic rings. The Kier molecular flexibility index (Phi) is 5.52. The van der Waals surface area contributed by atoms with Crippen molar-refractivity contribution in [2.45, 2.75) is 32.1 Å². The first-order valence-corrected chi connectivity index (χ1v) is 7.70. The van der Waals surface area contributed by atoms with Crippen LogP contribution in [0.3, 0.4) is 0 Å². The molecule has 2 atom stereocenters. The Morgan fingerprint density at radius 3 is 2.35 bits per heavy atom. The molecule has 1 aromatic carbocycles. The lowest BCUT2D eigenvalue weighted by Crippen LogP contribution is -2.44. The van der Waals surface area contributed by atoms with Gasteiger partial charge in [-0.15, -0.1) is 0 Å². The number of nitrogens with one attached hydrogen (secondary N) is 1. The van der Waals surface area contributed by atoms with Crippen molar-refractivity contribution < 1.29 is 23.1 Å². The second kappa shape index (κ2) is 6.71. The maximum Gasteiger partial charge on any atom is 0.323 e. The van der Waals surface area contributed by atoms with Gasteiger partial charge in [0, 0.05) is 0 Å². The van der Waals surface area contributed by atoms with E-state index in [4.69, 9.17) is 9.84 Å². The Balaban J connectivity index is 2.53. The molecule has 0 amide bonds. The first-order valence-electron chi connectivity index (χ1n) is 6.16. The van der Waals surface area contributed by atoms with Crippen LogP contribution in [-0.4, -0.2) is 37.4 Å². The highest BCUT2D eigenvalue weighted by Crippen LogP contribution is 2.11. The third kappa shape index (κ3) is 4.82. The smallest absolute Gasteiger partial charge is 0.323 e. The number of aliphatic carboxylic acids is 1. The number of carboxylic acids is 1. The van der Waals surface area contributed by atoms with Crippen LogP contribution in [0, 0.1) is 6.92 Å². The molecule has 0 aliphatic heterocycles.